The van der Waals surface area contributed by atoms with Gasteiger partial charge in [-0.1, -0.05) is 13.3 Å². The zero-order valence-corrected chi connectivity index (χ0v) is 19.2. The Bertz CT molecular complexity index is 1110. The molecule has 0 fully saturated rings. The van der Waals surface area contributed by atoms with Crippen LogP contribution in [0.2, 0.25) is 0 Å². The van der Waals surface area contributed by atoms with Crippen LogP contribution < -0.4 is 14.2 Å². The number of hydrogen-bond acceptors (Lipinski definition) is 6. The molecule has 10 heteroatoms. The Morgan fingerprint density at radius 1 is 1.12 bits per heavy atom. The van der Waals surface area contributed by atoms with Gasteiger partial charge >= 0.3 is 12.1 Å². The highest BCUT2D eigenvalue weighted by Crippen LogP contribution is 2.32. The lowest BCUT2D eigenvalue weighted by atomic mass is 10.1. The highest BCUT2D eigenvalue weighted by Gasteiger charge is 2.30. The quantitative estimate of drug-likeness (QED) is 0.227. The summed E-state index contributed by atoms with van der Waals surface area (Å²) in [5.74, 6) is 1.24. The number of esters is 1. The van der Waals surface area contributed by atoms with E-state index in [0.29, 0.717) is 42.5 Å². The molecule has 1 aromatic carbocycles. The van der Waals surface area contributed by atoms with Crippen molar-refractivity contribution in [3.8, 4) is 23.1 Å². The molecule has 0 saturated carbocycles. The molecule has 0 atom stereocenters. The van der Waals surface area contributed by atoms with Crippen molar-refractivity contribution in [1.82, 2.24) is 14.8 Å². The predicted octanol–water partition coefficient (Wildman–Crippen LogP) is 5.18. The SMILES string of the molecule is CCCc1nn(-c2ccc(C(F)(F)F)cn2)cc1CCCOc1ccc(OC(C)=O)cc1OC. The van der Waals surface area contributed by atoms with Crippen LogP contribution in [0.25, 0.3) is 5.82 Å². The van der Waals surface area contributed by atoms with E-state index in [1.165, 1.54) is 24.8 Å². The van der Waals surface area contributed by atoms with Gasteiger partial charge in [-0.2, -0.15) is 18.3 Å². The van der Waals surface area contributed by atoms with Crippen molar-refractivity contribution < 1.29 is 32.2 Å². The number of nitrogens with zero attached hydrogens (tertiary/aromatic N) is 3. The van der Waals surface area contributed by atoms with Crippen molar-refractivity contribution in [1.29, 1.82) is 0 Å². The number of halogens is 3. The minimum absolute atomic E-state index is 0.324. The fourth-order valence-electron chi connectivity index (χ4n) is 3.35. The molecule has 34 heavy (non-hydrogen) atoms. The van der Waals surface area contributed by atoms with E-state index in [4.69, 9.17) is 14.2 Å². The van der Waals surface area contributed by atoms with Gasteiger partial charge in [0.05, 0.1) is 25.0 Å². The predicted molar refractivity (Wildman–Crippen MR) is 118 cm³/mol. The summed E-state index contributed by atoms with van der Waals surface area (Å²) >= 11 is 0. The first-order chi connectivity index (χ1) is 16.2. The van der Waals surface area contributed by atoms with E-state index in [1.807, 2.05) is 6.92 Å². The second-order valence-electron chi connectivity index (χ2n) is 7.56. The van der Waals surface area contributed by atoms with E-state index in [0.717, 1.165) is 36.4 Å². The van der Waals surface area contributed by atoms with E-state index in [9.17, 15) is 18.0 Å². The summed E-state index contributed by atoms with van der Waals surface area (Å²) in [6.45, 7) is 3.76. The average molecular weight is 477 g/mol. The number of pyridine rings is 1. The Morgan fingerprint density at radius 2 is 1.91 bits per heavy atom. The molecule has 3 aromatic rings. The van der Waals surface area contributed by atoms with E-state index in [-0.39, 0.29) is 0 Å². The number of aromatic nitrogens is 3. The van der Waals surface area contributed by atoms with Crippen LogP contribution in [0.1, 0.15) is 43.5 Å². The van der Waals surface area contributed by atoms with Gasteiger partial charge in [-0.3, -0.25) is 4.79 Å². The fraction of sp³-hybridized carbons (Fsp3) is 0.375. The van der Waals surface area contributed by atoms with E-state index >= 15 is 0 Å². The van der Waals surface area contributed by atoms with Crippen LogP contribution >= 0.6 is 0 Å². The molecule has 182 valence electrons. The number of alkyl halides is 3. The Hall–Kier alpha value is -3.56. The van der Waals surface area contributed by atoms with Gasteiger partial charge < -0.3 is 14.2 Å². The van der Waals surface area contributed by atoms with Crippen molar-refractivity contribution in [2.24, 2.45) is 0 Å². The van der Waals surface area contributed by atoms with E-state index in [2.05, 4.69) is 10.1 Å². The molecule has 2 aromatic heterocycles. The highest BCUT2D eigenvalue weighted by molar-refractivity contribution is 5.69. The lowest BCUT2D eigenvalue weighted by Gasteiger charge is -2.12. The maximum absolute atomic E-state index is 12.8. The summed E-state index contributed by atoms with van der Waals surface area (Å²) in [6, 6.07) is 7.19. The smallest absolute Gasteiger partial charge is 0.417 e. The number of carbonyl (C=O) groups is 1. The largest absolute Gasteiger partial charge is 0.493 e. The molecule has 2 heterocycles. The maximum Gasteiger partial charge on any atom is 0.417 e. The molecule has 0 spiro atoms. The number of methoxy groups -OCH3 is 1. The Morgan fingerprint density at radius 3 is 2.53 bits per heavy atom. The minimum Gasteiger partial charge on any atom is -0.493 e. The zero-order chi connectivity index (χ0) is 24.7. The lowest BCUT2D eigenvalue weighted by molar-refractivity contribution is -0.138. The second kappa shape index (κ2) is 11.0. The van der Waals surface area contributed by atoms with Gasteiger partial charge in [-0.05, 0) is 49.1 Å². The first-order valence-electron chi connectivity index (χ1n) is 10.8. The monoisotopic (exact) mass is 477 g/mol. The summed E-state index contributed by atoms with van der Waals surface area (Å²) in [4.78, 5) is 15.0. The van der Waals surface area contributed by atoms with Crippen LogP contribution in [0.5, 0.6) is 17.2 Å². The van der Waals surface area contributed by atoms with Crippen molar-refractivity contribution >= 4 is 5.97 Å². The number of aryl methyl sites for hydroxylation is 2. The molecule has 0 radical (unpaired) electrons. The number of ether oxygens (including phenoxy) is 3. The summed E-state index contributed by atoms with van der Waals surface area (Å²) in [7, 11) is 1.50. The van der Waals surface area contributed by atoms with Crippen LogP contribution in [0, 0.1) is 0 Å². The van der Waals surface area contributed by atoms with Gasteiger partial charge in [0.1, 0.15) is 5.75 Å². The number of carbonyl (C=O) groups excluding carboxylic acids is 1. The third-order valence-corrected chi connectivity index (χ3v) is 4.92. The van der Waals surface area contributed by atoms with Crippen LogP contribution in [0.4, 0.5) is 13.2 Å². The fourth-order valence-corrected chi connectivity index (χ4v) is 3.35. The molecule has 0 amide bonds. The van der Waals surface area contributed by atoms with Crippen molar-refractivity contribution in [2.75, 3.05) is 13.7 Å². The third-order valence-electron chi connectivity index (χ3n) is 4.92. The molecule has 0 aliphatic carbocycles. The third kappa shape index (κ3) is 6.49. The number of benzene rings is 1. The summed E-state index contributed by atoms with van der Waals surface area (Å²) in [6.07, 6.45) is 1.15. The first-order valence-corrected chi connectivity index (χ1v) is 10.8. The molecule has 0 N–H and O–H groups in total. The van der Waals surface area contributed by atoms with Gasteiger partial charge in [-0.25, -0.2) is 9.67 Å². The van der Waals surface area contributed by atoms with Gasteiger partial charge in [0.15, 0.2) is 17.3 Å². The Balaban J connectivity index is 1.64. The van der Waals surface area contributed by atoms with E-state index in [1.54, 1.807) is 24.4 Å². The zero-order valence-electron chi connectivity index (χ0n) is 19.2. The molecule has 0 unspecified atom stereocenters. The minimum atomic E-state index is -4.43. The Labute approximate surface area is 195 Å². The number of rotatable bonds is 10. The van der Waals surface area contributed by atoms with Crippen LogP contribution in [0.3, 0.4) is 0 Å². The van der Waals surface area contributed by atoms with Crippen molar-refractivity contribution in [3.63, 3.8) is 0 Å². The molecular weight excluding hydrogens is 451 g/mol. The normalized spacial score (nSPS) is 11.4. The summed E-state index contributed by atoms with van der Waals surface area (Å²) in [5, 5.41) is 4.53. The standard InChI is InChI=1S/C24H26F3N3O4/c1-4-6-20-17(15-30(29-20)23-11-8-18(14-28-23)24(25,26)27)7-5-12-33-21-10-9-19(34-16(2)31)13-22(21)32-3/h8-11,13-15H,4-7,12H2,1-3H3. The van der Waals surface area contributed by atoms with Crippen molar-refractivity contribution in [2.45, 2.75) is 45.7 Å². The topological polar surface area (TPSA) is 75.5 Å². The second-order valence-corrected chi connectivity index (χ2v) is 7.56. The molecule has 0 aliphatic rings. The van der Waals surface area contributed by atoms with Gasteiger partial charge in [0, 0.05) is 25.4 Å². The average Bonchev–Trinajstić information content (AvgIpc) is 3.19. The van der Waals surface area contributed by atoms with Crippen LogP contribution in [0.15, 0.2) is 42.7 Å². The van der Waals surface area contributed by atoms with Gasteiger partial charge in [0.2, 0.25) is 0 Å². The molecule has 0 aliphatic heterocycles. The Kier molecular flexibility index (Phi) is 8.14. The molecule has 3 rings (SSSR count). The molecule has 7 nitrogen and oxygen atoms in total. The number of hydrogen-bond donors (Lipinski definition) is 0. The lowest BCUT2D eigenvalue weighted by Crippen LogP contribution is -2.07. The molecular formula is C24H26F3N3O4. The molecule has 0 saturated heterocycles. The maximum atomic E-state index is 12.8. The highest BCUT2D eigenvalue weighted by atomic mass is 19.4. The molecule has 0 bridgehead atoms. The van der Waals surface area contributed by atoms with Crippen LogP contribution in [-0.2, 0) is 23.8 Å². The van der Waals surface area contributed by atoms with Gasteiger partial charge in [0.25, 0.3) is 0 Å². The summed E-state index contributed by atoms with van der Waals surface area (Å²) < 4.78 is 56.1. The van der Waals surface area contributed by atoms with Crippen molar-refractivity contribution in [3.05, 3.63) is 59.5 Å². The first kappa shape index (κ1) is 25.1. The van der Waals surface area contributed by atoms with E-state index < -0.39 is 17.7 Å². The van der Waals surface area contributed by atoms with Crippen LogP contribution in [-0.4, -0.2) is 34.5 Å². The van der Waals surface area contributed by atoms with Gasteiger partial charge in [-0.15, -0.1) is 0 Å². The summed E-state index contributed by atoms with van der Waals surface area (Å²) in [5.41, 5.74) is 1.07.